The van der Waals surface area contributed by atoms with E-state index in [-0.39, 0.29) is 24.1 Å². The Balaban J connectivity index is 1.69. The van der Waals surface area contributed by atoms with E-state index in [9.17, 15) is 14.0 Å². The summed E-state index contributed by atoms with van der Waals surface area (Å²) in [7, 11) is 0. The fourth-order valence-electron chi connectivity index (χ4n) is 3.69. The van der Waals surface area contributed by atoms with Gasteiger partial charge in [0.1, 0.15) is 5.82 Å². The second kappa shape index (κ2) is 8.33. The van der Waals surface area contributed by atoms with Gasteiger partial charge in [0.2, 0.25) is 11.8 Å². The minimum Gasteiger partial charge on any atom is -0.338 e. The molecule has 0 saturated heterocycles. The number of halogens is 1. The summed E-state index contributed by atoms with van der Waals surface area (Å²) in [5, 5.41) is 0. The van der Waals surface area contributed by atoms with Crippen molar-refractivity contribution in [2.24, 2.45) is 0 Å². The maximum atomic E-state index is 13.7. The maximum absolute atomic E-state index is 13.7. The second-order valence-electron chi connectivity index (χ2n) is 7.06. The molecule has 1 heterocycles. The number of rotatable bonds is 5. The van der Waals surface area contributed by atoms with Gasteiger partial charge in [-0.1, -0.05) is 30.3 Å². The Morgan fingerprint density at radius 3 is 2.63 bits per heavy atom. The van der Waals surface area contributed by atoms with E-state index >= 15 is 0 Å². The van der Waals surface area contributed by atoms with Gasteiger partial charge in [0.05, 0.1) is 0 Å². The number of anilines is 1. The molecule has 1 aliphatic rings. The van der Waals surface area contributed by atoms with Crippen molar-refractivity contribution in [2.45, 2.75) is 39.7 Å². The number of benzene rings is 2. The molecule has 1 aliphatic heterocycles. The van der Waals surface area contributed by atoms with E-state index in [2.05, 4.69) is 0 Å². The van der Waals surface area contributed by atoms with E-state index in [4.69, 9.17) is 0 Å². The van der Waals surface area contributed by atoms with E-state index in [0.717, 1.165) is 35.2 Å². The molecule has 5 heteroatoms. The molecule has 4 nitrogen and oxygen atoms in total. The highest BCUT2D eigenvalue weighted by Gasteiger charge is 2.25. The van der Waals surface area contributed by atoms with Crippen molar-refractivity contribution in [3.8, 4) is 0 Å². The molecule has 0 atom stereocenters. The third-order valence-corrected chi connectivity index (χ3v) is 5.00. The van der Waals surface area contributed by atoms with Gasteiger partial charge in [0.15, 0.2) is 0 Å². The zero-order valence-electron chi connectivity index (χ0n) is 15.9. The number of carbonyl (C=O) groups excluding carboxylic acids is 2. The molecule has 0 fully saturated rings. The summed E-state index contributed by atoms with van der Waals surface area (Å²) in [5.74, 6) is -0.333. The summed E-state index contributed by atoms with van der Waals surface area (Å²) in [6, 6.07) is 12.7. The normalized spacial score (nSPS) is 13.2. The van der Waals surface area contributed by atoms with Crippen LogP contribution in [0.2, 0.25) is 0 Å². The number of aryl methyl sites for hydroxylation is 2. The molecular weight excluding hydrogens is 343 g/mol. The highest BCUT2D eigenvalue weighted by Crippen LogP contribution is 2.32. The summed E-state index contributed by atoms with van der Waals surface area (Å²) in [5.41, 5.74) is 3.55. The summed E-state index contributed by atoms with van der Waals surface area (Å²) in [6.07, 6.45) is 1.86. The van der Waals surface area contributed by atoms with Crippen LogP contribution < -0.4 is 4.90 Å². The van der Waals surface area contributed by atoms with Crippen molar-refractivity contribution in [1.82, 2.24) is 4.90 Å². The first-order valence-corrected chi connectivity index (χ1v) is 9.34. The Bertz CT molecular complexity index is 836. The SMILES string of the molecule is CC(=O)N(CCC(=O)N1CCCc2cc(F)cc(C)c21)Cc1ccccc1. The number of carbonyl (C=O) groups is 2. The van der Waals surface area contributed by atoms with Gasteiger partial charge in [-0.15, -0.1) is 0 Å². The van der Waals surface area contributed by atoms with Crippen molar-refractivity contribution in [2.75, 3.05) is 18.0 Å². The highest BCUT2D eigenvalue weighted by molar-refractivity contribution is 5.95. The number of hydrogen-bond donors (Lipinski definition) is 0. The Morgan fingerprint density at radius 1 is 1.19 bits per heavy atom. The Hall–Kier alpha value is -2.69. The molecule has 2 amide bonds. The average Bonchev–Trinajstić information content (AvgIpc) is 2.64. The first-order valence-electron chi connectivity index (χ1n) is 9.34. The minimum atomic E-state index is -0.258. The molecule has 0 saturated carbocycles. The smallest absolute Gasteiger partial charge is 0.228 e. The van der Waals surface area contributed by atoms with Crippen molar-refractivity contribution < 1.29 is 14.0 Å². The van der Waals surface area contributed by atoms with Gasteiger partial charge < -0.3 is 9.80 Å². The zero-order valence-corrected chi connectivity index (χ0v) is 15.9. The second-order valence-corrected chi connectivity index (χ2v) is 7.06. The Labute approximate surface area is 159 Å². The predicted molar refractivity (Wildman–Crippen MR) is 104 cm³/mol. The zero-order chi connectivity index (χ0) is 19.4. The molecule has 142 valence electrons. The molecule has 0 radical (unpaired) electrons. The van der Waals surface area contributed by atoms with Crippen LogP contribution in [0.5, 0.6) is 0 Å². The van der Waals surface area contributed by atoms with Gasteiger partial charge >= 0.3 is 0 Å². The van der Waals surface area contributed by atoms with Crippen molar-refractivity contribution >= 4 is 17.5 Å². The topological polar surface area (TPSA) is 40.6 Å². The van der Waals surface area contributed by atoms with Crippen molar-refractivity contribution in [3.63, 3.8) is 0 Å². The molecular formula is C22H25FN2O2. The minimum absolute atomic E-state index is 0.0232. The lowest BCUT2D eigenvalue weighted by molar-refractivity contribution is -0.130. The van der Waals surface area contributed by atoms with Crippen LogP contribution in [-0.4, -0.2) is 29.8 Å². The lowest BCUT2D eigenvalue weighted by atomic mass is 9.97. The van der Waals surface area contributed by atoms with Crippen LogP contribution in [0.15, 0.2) is 42.5 Å². The third-order valence-electron chi connectivity index (χ3n) is 5.00. The fourth-order valence-corrected chi connectivity index (χ4v) is 3.69. The maximum Gasteiger partial charge on any atom is 0.228 e. The Morgan fingerprint density at radius 2 is 1.93 bits per heavy atom. The summed E-state index contributed by atoms with van der Waals surface area (Å²) in [6.45, 7) is 4.86. The number of amides is 2. The lowest BCUT2D eigenvalue weighted by Gasteiger charge is -2.32. The van der Waals surface area contributed by atoms with Crippen LogP contribution in [0.4, 0.5) is 10.1 Å². The van der Waals surface area contributed by atoms with Crippen LogP contribution in [-0.2, 0) is 22.6 Å². The average molecular weight is 368 g/mol. The monoisotopic (exact) mass is 368 g/mol. The third kappa shape index (κ3) is 4.54. The van der Waals surface area contributed by atoms with Gasteiger partial charge in [-0.05, 0) is 48.6 Å². The molecule has 27 heavy (non-hydrogen) atoms. The van der Waals surface area contributed by atoms with Gasteiger partial charge in [-0.25, -0.2) is 4.39 Å². The van der Waals surface area contributed by atoms with Gasteiger partial charge in [0, 0.05) is 38.7 Å². The highest BCUT2D eigenvalue weighted by atomic mass is 19.1. The lowest BCUT2D eigenvalue weighted by Crippen LogP contribution is -2.39. The number of hydrogen-bond acceptors (Lipinski definition) is 2. The summed E-state index contributed by atoms with van der Waals surface area (Å²) < 4.78 is 13.7. The predicted octanol–water partition coefficient (Wildman–Crippen LogP) is 3.85. The van der Waals surface area contributed by atoms with E-state index in [1.807, 2.05) is 37.3 Å². The van der Waals surface area contributed by atoms with Crippen molar-refractivity contribution in [1.29, 1.82) is 0 Å². The molecule has 2 aromatic carbocycles. The quantitative estimate of drug-likeness (QED) is 0.804. The summed E-state index contributed by atoms with van der Waals surface area (Å²) >= 11 is 0. The summed E-state index contributed by atoms with van der Waals surface area (Å²) in [4.78, 5) is 28.3. The van der Waals surface area contributed by atoms with Crippen LogP contribution in [0.3, 0.4) is 0 Å². The van der Waals surface area contributed by atoms with Gasteiger partial charge in [0.25, 0.3) is 0 Å². The molecule has 0 aromatic heterocycles. The molecule has 0 spiro atoms. The van der Waals surface area contributed by atoms with E-state index < -0.39 is 0 Å². The standard InChI is InChI=1S/C22H25FN2O2/c1-16-13-20(23)14-19-9-6-11-25(22(16)19)21(27)10-12-24(17(2)26)15-18-7-4-3-5-8-18/h3-5,7-8,13-14H,6,9-12,15H2,1-2H3. The Kier molecular flexibility index (Phi) is 5.89. The van der Waals surface area contributed by atoms with E-state index in [0.29, 0.717) is 19.6 Å². The van der Waals surface area contributed by atoms with Crippen molar-refractivity contribution in [3.05, 3.63) is 65.0 Å². The molecule has 3 rings (SSSR count). The van der Waals surface area contributed by atoms with Crippen LogP contribution in [0.1, 0.15) is 36.5 Å². The van der Waals surface area contributed by atoms with Crippen LogP contribution in [0, 0.1) is 12.7 Å². The first-order chi connectivity index (χ1) is 13.0. The molecule has 0 unspecified atom stereocenters. The molecule has 0 N–H and O–H groups in total. The fraction of sp³-hybridized carbons (Fsp3) is 0.364. The van der Waals surface area contributed by atoms with E-state index in [1.54, 1.807) is 9.80 Å². The van der Waals surface area contributed by atoms with Gasteiger partial charge in [-0.3, -0.25) is 9.59 Å². The number of fused-ring (bicyclic) bond motifs is 1. The van der Waals surface area contributed by atoms with Crippen LogP contribution >= 0.6 is 0 Å². The van der Waals surface area contributed by atoms with Crippen LogP contribution in [0.25, 0.3) is 0 Å². The van der Waals surface area contributed by atoms with E-state index in [1.165, 1.54) is 19.1 Å². The first kappa shape index (κ1) is 19.1. The largest absolute Gasteiger partial charge is 0.338 e. The molecule has 2 aromatic rings. The molecule has 0 bridgehead atoms. The van der Waals surface area contributed by atoms with Gasteiger partial charge in [-0.2, -0.15) is 0 Å². The molecule has 0 aliphatic carbocycles. The number of nitrogens with zero attached hydrogens (tertiary/aromatic N) is 2.